The smallest absolute Gasteiger partial charge is 0.248 e. The molecule has 23 heavy (non-hydrogen) atoms. The minimum atomic E-state index is -2.77. The lowest BCUT2D eigenvalue weighted by Gasteiger charge is -2.31. The molecule has 0 N–H and O–H groups in total. The van der Waals surface area contributed by atoms with E-state index in [9.17, 15) is 13.6 Å². The molecule has 128 valence electrons. The van der Waals surface area contributed by atoms with Crippen LogP contribution < -0.4 is 4.74 Å². The van der Waals surface area contributed by atoms with E-state index in [0.29, 0.717) is 13.0 Å². The van der Waals surface area contributed by atoms with Crippen molar-refractivity contribution in [2.24, 2.45) is 5.92 Å². The van der Waals surface area contributed by atoms with Crippen LogP contribution in [0.4, 0.5) is 8.78 Å². The molecule has 1 heterocycles. The average molecular weight is 325 g/mol. The molecule has 1 aliphatic rings. The number of nitrogens with zero attached hydrogens (tertiary/aromatic N) is 1. The summed E-state index contributed by atoms with van der Waals surface area (Å²) in [6.07, 6.45) is -0.113. The summed E-state index contributed by atoms with van der Waals surface area (Å²) in [6, 6.07) is 7.48. The van der Waals surface area contributed by atoms with Crippen molar-refractivity contribution in [2.45, 2.75) is 58.0 Å². The molecule has 1 saturated heterocycles. The number of ether oxygens (including phenoxy) is 1. The van der Waals surface area contributed by atoms with Crippen LogP contribution >= 0.6 is 0 Å². The van der Waals surface area contributed by atoms with Gasteiger partial charge in [0.15, 0.2) is 0 Å². The van der Waals surface area contributed by atoms with Gasteiger partial charge < -0.3 is 9.64 Å². The molecule has 0 bridgehead atoms. The zero-order valence-corrected chi connectivity index (χ0v) is 14.2. The third kappa shape index (κ3) is 4.01. The molecule has 0 aliphatic carbocycles. The highest BCUT2D eigenvalue weighted by Gasteiger charge is 2.47. The molecular weight excluding hydrogens is 300 g/mol. The minimum Gasteiger partial charge on any atom is -0.497 e. The van der Waals surface area contributed by atoms with Crippen LogP contribution in [0.3, 0.4) is 0 Å². The highest BCUT2D eigenvalue weighted by atomic mass is 19.3. The summed E-state index contributed by atoms with van der Waals surface area (Å²) in [5, 5.41) is 0. The van der Waals surface area contributed by atoms with Gasteiger partial charge in [-0.3, -0.25) is 4.79 Å². The Morgan fingerprint density at radius 3 is 2.43 bits per heavy atom. The molecule has 1 aromatic carbocycles. The Kier molecular flexibility index (Phi) is 4.97. The first-order valence-electron chi connectivity index (χ1n) is 8.01. The lowest BCUT2D eigenvalue weighted by molar-refractivity contribution is -0.136. The summed E-state index contributed by atoms with van der Waals surface area (Å²) in [4.78, 5) is 14.3. The van der Waals surface area contributed by atoms with Crippen molar-refractivity contribution in [3.8, 4) is 5.75 Å². The van der Waals surface area contributed by atoms with Crippen molar-refractivity contribution in [1.29, 1.82) is 0 Å². The quantitative estimate of drug-likeness (QED) is 0.782. The summed E-state index contributed by atoms with van der Waals surface area (Å²) >= 11 is 0. The van der Waals surface area contributed by atoms with Gasteiger partial charge in [0.2, 0.25) is 11.8 Å². The van der Waals surface area contributed by atoms with E-state index in [2.05, 4.69) is 0 Å². The zero-order chi connectivity index (χ0) is 17.3. The summed E-state index contributed by atoms with van der Waals surface area (Å²) in [7, 11) is 1.60. The lowest BCUT2D eigenvalue weighted by atomic mass is 9.91. The number of halogens is 2. The highest BCUT2D eigenvalue weighted by Crippen LogP contribution is 2.40. The van der Waals surface area contributed by atoms with Crippen LogP contribution in [0, 0.1) is 5.92 Å². The first kappa shape index (κ1) is 17.7. The van der Waals surface area contributed by atoms with Gasteiger partial charge in [-0.1, -0.05) is 19.1 Å². The van der Waals surface area contributed by atoms with E-state index < -0.39 is 17.4 Å². The Balaban J connectivity index is 2.12. The maximum absolute atomic E-state index is 13.7. The number of hydrogen-bond donors (Lipinski definition) is 0. The van der Waals surface area contributed by atoms with Crippen LogP contribution in [0.1, 0.15) is 45.6 Å². The Morgan fingerprint density at radius 2 is 1.91 bits per heavy atom. The molecule has 0 aromatic heterocycles. The van der Waals surface area contributed by atoms with Crippen molar-refractivity contribution in [3.63, 3.8) is 0 Å². The maximum atomic E-state index is 13.7. The molecule has 1 aromatic rings. The summed E-state index contributed by atoms with van der Waals surface area (Å²) in [5.74, 6) is -2.79. The fourth-order valence-electron chi connectivity index (χ4n) is 3.19. The first-order valence-corrected chi connectivity index (χ1v) is 8.01. The van der Waals surface area contributed by atoms with Gasteiger partial charge in [-0.2, -0.15) is 0 Å². The van der Waals surface area contributed by atoms with Crippen LogP contribution in [0.15, 0.2) is 24.3 Å². The second-order valence-corrected chi connectivity index (χ2v) is 6.90. The molecule has 1 fully saturated rings. The standard InChI is InChI=1S/C18H25F2NO2/c1-5-18(19,20)11-14-10-17(2,3)21(16(14)22)12-13-6-8-15(23-4)9-7-13/h6-9,14H,5,10-12H2,1-4H3. The predicted molar refractivity (Wildman–Crippen MR) is 85.6 cm³/mol. The molecule has 1 amide bonds. The van der Waals surface area contributed by atoms with E-state index in [4.69, 9.17) is 4.74 Å². The first-order chi connectivity index (χ1) is 10.7. The molecule has 1 aliphatic heterocycles. The van der Waals surface area contributed by atoms with Crippen LogP contribution in [0.2, 0.25) is 0 Å². The number of alkyl halides is 2. The number of hydrogen-bond acceptors (Lipinski definition) is 2. The Morgan fingerprint density at radius 1 is 1.30 bits per heavy atom. The lowest BCUT2D eigenvalue weighted by Crippen LogP contribution is -2.40. The van der Waals surface area contributed by atoms with Gasteiger partial charge in [0.1, 0.15) is 5.75 Å². The van der Waals surface area contributed by atoms with Crippen molar-refractivity contribution in [1.82, 2.24) is 4.90 Å². The third-order valence-corrected chi connectivity index (χ3v) is 4.65. The Bertz CT molecular complexity index is 555. The van der Waals surface area contributed by atoms with Gasteiger partial charge >= 0.3 is 0 Å². The summed E-state index contributed by atoms with van der Waals surface area (Å²) in [6.45, 7) is 5.78. The molecular formula is C18H25F2NO2. The molecule has 2 rings (SSSR count). The van der Waals surface area contributed by atoms with Crippen molar-refractivity contribution < 1.29 is 18.3 Å². The average Bonchev–Trinajstić information content (AvgIpc) is 2.70. The van der Waals surface area contributed by atoms with Gasteiger partial charge in [0.25, 0.3) is 0 Å². The number of amides is 1. The molecule has 1 atom stereocenters. The number of carbonyl (C=O) groups excluding carboxylic acids is 1. The van der Waals surface area contributed by atoms with E-state index in [1.54, 1.807) is 12.0 Å². The van der Waals surface area contributed by atoms with E-state index in [-0.39, 0.29) is 18.7 Å². The normalized spacial score (nSPS) is 20.9. The van der Waals surface area contributed by atoms with Crippen LogP contribution in [0.25, 0.3) is 0 Å². The SMILES string of the molecule is CCC(F)(F)CC1CC(C)(C)N(Cc2ccc(OC)cc2)C1=O. The summed E-state index contributed by atoms with van der Waals surface area (Å²) < 4.78 is 32.5. The number of rotatable bonds is 6. The number of benzene rings is 1. The van der Waals surface area contributed by atoms with Gasteiger partial charge in [0.05, 0.1) is 7.11 Å². The van der Waals surface area contributed by atoms with E-state index >= 15 is 0 Å². The fraction of sp³-hybridized carbons (Fsp3) is 0.611. The number of carbonyl (C=O) groups is 1. The molecule has 0 radical (unpaired) electrons. The molecule has 0 saturated carbocycles. The van der Waals surface area contributed by atoms with Gasteiger partial charge in [-0.05, 0) is 38.0 Å². The third-order valence-electron chi connectivity index (χ3n) is 4.65. The van der Waals surface area contributed by atoms with Gasteiger partial charge in [0, 0.05) is 30.8 Å². The second-order valence-electron chi connectivity index (χ2n) is 6.90. The minimum absolute atomic E-state index is 0.168. The fourth-order valence-corrected chi connectivity index (χ4v) is 3.19. The molecule has 3 nitrogen and oxygen atoms in total. The topological polar surface area (TPSA) is 29.5 Å². The monoisotopic (exact) mass is 325 g/mol. The van der Waals surface area contributed by atoms with Gasteiger partial charge in [-0.15, -0.1) is 0 Å². The number of methoxy groups -OCH3 is 1. The summed E-state index contributed by atoms with van der Waals surface area (Å²) in [5.41, 5.74) is 0.556. The van der Waals surface area contributed by atoms with Crippen LogP contribution in [-0.2, 0) is 11.3 Å². The zero-order valence-electron chi connectivity index (χ0n) is 14.2. The van der Waals surface area contributed by atoms with Crippen LogP contribution in [-0.4, -0.2) is 29.4 Å². The molecule has 0 spiro atoms. The Labute approximate surface area is 136 Å². The molecule has 5 heteroatoms. The van der Waals surface area contributed by atoms with E-state index in [1.165, 1.54) is 6.92 Å². The second kappa shape index (κ2) is 6.46. The van der Waals surface area contributed by atoms with E-state index in [0.717, 1.165) is 11.3 Å². The Hall–Kier alpha value is -1.65. The molecule has 1 unspecified atom stereocenters. The highest BCUT2D eigenvalue weighted by molar-refractivity contribution is 5.82. The van der Waals surface area contributed by atoms with Crippen LogP contribution in [0.5, 0.6) is 5.75 Å². The van der Waals surface area contributed by atoms with Crippen molar-refractivity contribution in [3.05, 3.63) is 29.8 Å². The largest absolute Gasteiger partial charge is 0.497 e. The maximum Gasteiger partial charge on any atom is 0.248 e. The van der Waals surface area contributed by atoms with Gasteiger partial charge in [-0.25, -0.2) is 8.78 Å². The predicted octanol–water partition coefficient (Wildman–Crippen LogP) is 4.26. The number of likely N-dealkylation sites (tertiary alicyclic amines) is 1. The van der Waals surface area contributed by atoms with Crippen molar-refractivity contribution >= 4 is 5.91 Å². The van der Waals surface area contributed by atoms with E-state index in [1.807, 2.05) is 38.1 Å². The van der Waals surface area contributed by atoms with Crippen molar-refractivity contribution in [2.75, 3.05) is 7.11 Å².